The Kier molecular flexibility index (Phi) is 4.47. The summed E-state index contributed by atoms with van der Waals surface area (Å²) in [7, 11) is 0. The van der Waals surface area contributed by atoms with E-state index in [2.05, 4.69) is 0 Å². The fourth-order valence-corrected chi connectivity index (χ4v) is 1.74. The monoisotopic (exact) mass is 272 g/mol. The highest BCUT2D eigenvalue weighted by molar-refractivity contribution is 5.66. The smallest absolute Gasteiger partial charge is 0.407 e. The SMILES string of the molecule is CC(C)(C)N(CC(N)c1ccc(F)cc1F)C(=O)O. The van der Waals surface area contributed by atoms with Crippen molar-refractivity contribution in [1.82, 2.24) is 4.90 Å². The van der Waals surface area contributed by atoms with Crippen molar-refractivity contribution in [1.29, 1.82) is 0 Å². The van der Waals surface area contributed by atoms with E-state index in [1.54, 1.807) is 20.8 Å². The number of amides is 1. The van der Waals surface area contributed by atoms with Crippen molar-refractivity contribution in [2.24, 2.45) is 5.73 Å². The first kappa shape index (κ1) is 15.4. The third kappa shape index (κ3) is 3.89. The first-order valence-corrected chi connectivity index (χ1v) is 5.84. The molecule has 1 amide bonds. The number of rotatable bonds is 3. The molecule has 0 radical (unpaired) electrons. The molecule has 1 unspecified atom stereocenters. The number of hydrogen-bond acceptors (Lipinski definition) is 2. The van der Waals surface area contributed by atoms with Crippen molar-refractivity contribution in [2.75, 3.05) is 6.54 Å². The Balaban J connectivity index is 2.94. The topological polar surface area (TPSA) is 66.6 Å². The summed E-state index contributed by atoms with van der Waals surface area (Å²) in [5.41, 5.74) is 5.26. The second kappa shape index (κ2) is 5.52. The van der Waals surface area contributed by atoms with Crippen molar-refractivity contribution in [3.05, 3.63) is 35.4 Å². The van der Waals surface area contributed by atoms with Crippen molar-refractivity contribution in [3.8, 4) is 0 Å². The second-order valence-electron chi connectivity index (χ2n) is 5.34. The molecule has 4 nitrogen and oxygen atoms in total. The molecule has 0 heterocycles. The minimum Gasteiger partial charge on any atom is -0.465 e. The quantitative estimate of drug-likeness (QED) is 0.889. The van der Waals surface area contributed by atoms with Crippen LogP contribution in [0.25, 0.3) is 0 Å². The Labute approximate surface area is 110 Å². The Hall–Kier alpha value is -1.69. The minimum atomic E-state index is -1.13. The lowest BCUT2D eigenvalue weighted by Crippen LogP contribution is -2.48. The second-order valence-corrected chi connectivity index (χ2v) is 5.34. The first-order valence-electron chi connectivity index (χ1n) is 5.84. The van der Waals surface area contributed by atoms with Crippen LogP contribution in [-0.2, 0) is 0 Å². The van der Waals surface area contributed by atoms with E-state index in [0.717, 1.165) is 17.0 Å². The maximum atomic E-state index is 13.6. The summed E-state index contributed by atoms with van der Waals surface area (Å²) in [5, 5.41) is 9.13. The lowest BCUT2D eigenvalue weighted by molar-refractivity contribution is 0.0957. The highest BCUT2D eigenvalue weighted by Gasteiger charge is 2.28. The van der Waals surface area contributed by atoms with Gasteiger partial charge in [-0.25, -0.2) is 13.6 Å². The number of benzene rings is 1. The molecule has 3 N–H and O–H groups in total. The van der Waals surface area contributed by atoms with E-state index in [0.29, 0.717) is 0 Å². The average Bonchev–Trinajstić information content (AvgIpc) is 2.23. The number of nitrogens with zero attached hydrogens (tertiary/aromatic N) is 1. The molecule has 0 bridgehead atoms. The van der Waals surface area contributed by atoms with Gasteiger partial charge in [0.2, 0.25) is 0 Å². The Morgan fingerprint density at radius 2 is 2.00 bits per heavy atom. The molecule has 0 aromatic heterocycles. The van der Waals surface area contributed by atoms with Crippen molar-refractivity contribution < 1.29 is 18.7 Å². The van der Waals surface area contributed by atoms with Gasteiger partial charge in [0.25, 0.3) is 0 Å². The Bertz CT molecular complexity index is 472. The van der Waals surface area contributed by atoms with Gasteiger partial charge in [-0.3, -0.25) is 0 Å². The average molecular weight is 272 g/mol. The van der Waals surface area contributed by atoms with E-state index in [4.69, 9.17) is 10.8 Å². The normalized spacial score (nSPS) is 13.2. The molecule has 0 saturated carbocycles. The van der Waals surface area contributed by atoms with E-state index in [1.807, 2.05) is 0 Å². The molecular weight excluding hydrogens is 254 g/mol. The standard InChI is InChI=1S/C13H18F2N2O2/c1-13(2,3)17(12(18)19)7-11(16)9-5-4-8(14)6-10(9)15/h4-6,11H,7,16H2,1-3H3,(H,18,19). The zero-order valence-electron chi connectivity index (χ0n) is 11.2. The highest BCUT2D eigenvalue weighted by Crippen LogP contribution is 2.21. The van der Waals surface area contributed by atoms with E-state index in [-0.39, 0.29) is 12.1 Å². The molecule has 0 fully saturated rings. The lowest BCUT2D eigenvalue weighted by atomic mass is 10.0. The summed E-state index contributed by atoms with van der Waals surface area (Å²) in [6.45, 7) is 5.08. The molecule has 0 saturated heterocycles. The molecule has 1 aromatic carbocycles. The van der Waals surface area contributed by atoms with Crippen LogP contribution in [0.15, 0.2) is 18.2 Å². The van der Waals surface area contributed by atoms with Crippen molar-refractivity contribution >= 4 is 6.09 Å². The molecule has 19 heavy (non-hydrogen) atoms. The zero-order chi connectivity index (χ0) is 14.8. The van der Waals surface area contributed by atoms with E-state index >= 15 is 0 Å². The largest absolute Gasteiger partial charge is 0.465 e. The molecular formula is C13H18F2N2O2. The van der Waals surface area contributed by atoms with Gasteiger partial charge in [-0.1, -0.05) is 6.07 Å². The van der Waals surface area contributed by atoms with Gasteiger partial charge in [0.15, 0.2) is 0 Å². The molecule has 1 atom stereocenters. The van der Waals surface area contributed by atoms with Crippen LogP contribution in [0.2, 0.25) is 0 Å². The maximum absolute atomic E-state index is 13.6. The number of halogens is 2. The van der Waals surface area contributed by atoms with Crippen LogP contribution in [0.4, 0.5) is 13.6 Å². The fraction of sp³-hybridized carbons (Fsp3) is 0.462. The predicted molar refractivity (Wildman–Crippen MR) is 67.8 cm³/mol. The minimum absolute atomic E-state index is 0.0681. The Morgan fingerprint density at radius 3 is 2.42 bits per heavy atom. The zero-order valence-corrected chi connectivity index (χ0v) is 11.2. The van der Waals surface area contributed by atoms with E-state index in [9.17, 15) is 13.6 Å². The van der Waals surface area contributed by atoms with Gasteiger partial charge in [-0.2, -0.15) is 0 Å². The van der Waals surface area contributed by atoms with Crippen LogP contribution in [0, 0.1) is 11.6 Å². The third-order valence-electron chi connectivity index (χ3n) is 2.78. The fourth-order valence-electron chi connectivity index (χ4n) is 1.74. The van der Waals surface area contributed by atoms with E-state index < -0.39 is 29.3 Å². The third-order valence-corrected chi connectivity index (χ3v) is 2.78. The molecule has 0 aliphatic rings. The summed E-state index contributed by atoms with van der Waals surface area (Å²) < 4.78 is 26.4. The summed E-state index contributed by atoms with van der Waals surface area (Å²) >= 11 is 0. The van der Waals surface area contributed by atoms with Crippen LogP contribution in [0.1, 0.15) is 32.4 Å². The van der Waals surface area contributed by atoms with Gasteiger partial charge in [-0.05, 0) is 26.8 Å². The van der Waals surface area contributed by atoms with Gasteiger partial charge in [0, 0.05) is 23.7 Å². The summed E-state index contributed by atoms with van der Waals surface area (Å²) in [6.07, 6.45) is -1.13. The molecule has 1 rings (SSSR count). The number of nitrogens with two attached hydrogens (primary N) is 1. The lowest BCUT2D eigenvalue weighted by Gasteiger charge is -2.35. The highest BCUT2D eigenvalue weighted by atomic mass is 19.1. The van der Waals surface area contributed by atoms with Gasteiger partial charge in [0.05, 0.1) is 6.04 Å². The summed E-state index contributed by atoms with van der Waals surface area (Å²) in [5.74, 6) is -1.47. The van der Waals surface area contributed by atoms with Gasteiger partial charge < -0.3 is 15.7 Å². The molecule has 0 aliphatic heterocycles. The number of carbonyl (C=O) groups is 1. The summed E-state index contributed by atoms with van der Waals surface area (Å²) in [6, 6.07) is 2.21. The molecule has 1 aromatic rings. The van der Waals surface area contributed by atoms with Crippen LogP contribution in [-0.4, -0.2) is 28.2 Å². The first-order chi connectivity index (χ1) is 8.62. The van der Waals surface area contributed by atoms with Gasteiger partial charge in [-0.15, -0.1) is 0 Å². The van der Waals surface area contributed by atoms with Crippen LogP contribution >= 0.6 is 0 Å². The molecule has 6 heteroatoms. The number of carboxylic acid groups (broad SMARTS) is 1. The summed E-state index contributed by atoms with van der Waals surface area (Å²) in [4.78, 5) is 12.3. The molecule has 0 spiro atoms. The predicted octanol–water partition coefficient (Wildman–Crippen LogP) is 2.74. The van der Waals surface area contributed by atoms with E-state index in [1.165, 1.54) is 6.07 Å². The Morgan fingerprint density at radius 1 is 1.42 bits per heavy atom. The van der Waals surface area contributed by atoms with Gasteiger partial charge >= 0.3 is 6.09 Å². The molecule has 106 valence electrons. The van der Waals surface area contributed by atoms with Crippen LogP contribution < -0.4 is 5.73 Å². The van der Waals surface area contributed by atoms with Crippen LogP contribution in [0.5, 0.6) is 0 Å². The van der Waals surface area contributed by atoms with Crippen LogP contribution in [0.3, 0.4) is 0 Å². The molecule has 0 aliphatic carbocycles. The maximum Gasteiger partial charge on any atom is 0.407 e. The number of hydrogen-bond donors (Lipinski definition) is 2. The van der Waals surface area contributed by atoms with Gasteiger partial charge in [0.1, 0.15) is 11.6 Å². The van der Waals surface area contributed by atoms with Crippen molar-refractivity contribution in [2.45, 2.75) is 32.4 Å². The van der Waals surface area contributed by atoms with Crippen molar-refractivity contribution in [3.63, 3.8) is 0 Å².